The van der Waals surface area contributed by atoms with Crippen molar-refractivity contribution in [3.63, 3.8) is 0 Å². The number of ether oxygens (including phenoxy) is 3. The highest BCUT2D eigenvalue weighted by Gasteiger charge is 2.10. The first kappa shape index (κ1) is 10.5. The van der Waals surface area contributed by atoms with E-state index in [0.29, 0.717) is 12.2 Å². The van der Waals surface area contributed by atoms with Crippen molar-refractivity contribution in [3.8, 4) is 5.75 Å². The molecule has 4 nitrogen and oxygen atoms in total. The third-order valence-corrected chi connectivity index (χ3v) is 1.76. The van der Waals surface area contributed by atoms with E-state index in [1.807, 2.05) is 0 Å². The van der Waals surface area contributed by atoms with Crippen molar-refractivity contribution in [2.24, 2.45) is 0 Å². The minimum absolute atomic E-state index is 0.355. The summed E-state index contributed by atoms with van der Waals surface area (Å²) in [6.45, 7) is 0.355. The molecule has 0 aliphatic carbocycles. The molecule has 0 spiro atoms. The van der Waals surface area contributed by atoms with Crippen LogP contribution in [0.1, 0.15) is 11.9 Å². The molecule has 76 valence electrons. The van der Waals surface area contributed by atoms with Crippen LogP contribution in [0, 0.1) is 0 Å². The number of methoxy groups -OCH3 is 2. The second-order valence-corrected chi connectivity index (χ2v) is 2.58. The molecule has 0 saturated heterocycles. The summed E-state index contributed by atoms with van der Waals surface area (Å²) >= 11 is 0. The van der Waals surface area contributed by atoms with Crippen LogP contribution in [0.4, 0.5) is 0 Å². The predicted octanol–water partition coefficient (Wildman–Crippen LogP) is 1.51. The van der Waals surface area contributed by atoms with Crippen molar-refractivity contribution in [1.82, 2.24) is 0 Å². The molecule has 0 aliphatic rings. The lowest BCUT2D eigenvalue weighted by atomic mass is 10.2. The largest absolute Gasteiger partial charge is 0.497 e. The maximum Gasteiger partial charge on any atom is 0.295 e. The van der Waals surface area contributed by atoms with E-state index in [2.05, 4.69) is 0 Å². The highest BCUT2D eigenvalue weighted by molar-refractivity contribution is 5.39. The van der Waals surface area contributed by atoms with Gasteiger partial charge in [-0.3, -0.25) is 4.79 Å². The Hall–Kier alpha value is -1.55. The summed E-state index contributed by atoms with van der Waals surface area (Å²) in [5, 5.41) is 0. The van der Waals surface area contributed by atoms with Crippen LogP contribution < -0.4 is 4.74 Å². The van der Waals surface area contributed by atoms with Gasteiger partial charge in [0.1, 0.15) is 5.75 Å². The SMILES string of the molecule is COc1cccc(C(OC)OC=O)c1. The first-order valence-electron chi connectivity index (χ1n) is 4.07. The summed E-state index contributed by atoms with van der Waals surface area (Å²) in [7, 11) is 3.04. The van der Waals surface area contributed by atoms with E-state index in [1.54, 1.807) is 31.4 Å². The van der Waals surface area contributed by atoms with Gasteiger partial charge in [-0.1, -0.05) is 12.1 Å². The zero-order chi connectivity index (χ0) is 10.4. The molecular weight excluding hydrogens is 184 g/mol. The minimum Gasteiger partial charge on any atom is -0.497 e. The van der Waals surface area contributed by atoms with E-state index in [4.69, 9.17) is 14.2 Å². The van der Waals surface area contributed by atoms with Gasteiger partial charge in [-0.25, -0.2) is 0 Å². The zero-order valence-corrected chi connectivity index (χ0v) is 8.10. The van der Waals surface area contributed by atoms with Gasteiger partial charge in [0.2, 0.25) is 6.29 Å². The van der Waals surface area contributed by atoms with E-state index >= 15 is 0 Å². The Morgan fingerprint density at radius 3 is 2.71 bits per heavy atom. The second-order valence-electron chi connectivity index (χ2n) is 2.58. The van der Waals surface area contributed by atoms with Crippen LogP contribution >= 0.6 is 0 Å². The van der Waals surface area contributed by atoms with Gasteiger partial charge in [0, 0.05) is 12.7 Å². The fraction of sp³-hybridized carbons (Fsp3) is 0.300. The van der Waals surface area contributed by atoms with Crippen LogP contribution in [0.3, 0.4) is 0 Å². The summed E-state index contributed by atoms with van der Waals surface area (Å²) in [6.07, 6.45) is -0.678. The van der Waals surface area contributed by atoms with Crippen LogP contribution in [-0.4, -0.2) is 20.7 Å². The Labute approximate surface area is 82.4 Å². The zero-order valence-electron chi connectivity index (χ0n) is 8.10. The van der Waals surface area contributed by atoms with Crippen LogP contribution in [0.25, 0.3) is 0 Å². The number of carbonyl (C=O) groups excluding carboxylic acids is 1. The summed E-state index contributed by atoms with van der Waals surface area (Å²) in [5.74, 6) is 0.694. The number of rotatable bonds is 5. The van der Waals surface area contributed by atoms with Gasteiger partial charge in [-0.15, -0.1) is 0 Å². The van der Waals surface area contributed by atoms with Crippen LogP contribution in [0.15, 0.2) is 24.3 Å². The fourth-order valence-corrected chi connectivity index (χ4v) is 1.11. The minimum atomic E-state index is -0.678. The lowest BCUT2D eigenvalue weighted by molar-refractivity contribution is -0.159. The van der Waals surface area contributed by atoms with Crippen molar-refractivity contribution >= 4 is 6.47 Å². The number of hydrogen-bond donors (Lipinski definition) is 0. The van der Waals surface area contributed by atoms with E-state index in [-0.39, 0.29) is 0 Å². The molecule has 1 aromatic rings. The average Bonchev–Trinajstić information content (AvgIpc) is 2.26. The summed E-state index contributed by atoms with van der Waals surface area (Å²) in [6, 6.07) is 7.14. The molecule has 4 heteroatoms. The monoisotopic (exact) mass is 196 g/mol. The Balaban J connectivity index is 2.85. The van der Waals surface area contributed by atoms with E-state index in [1.165, 1.54) is 7.11 Å². The van der Waals surface area contributed by atoms with Crippen LogP contribution in [0.2, 0.25) is 0 Å². The highest BCUT2D eigenvalue weighted by Crippen LogP contribution is 2.21. The van der Waals surface area contributed by atoms with Crippen molar-refractivity contribution in [2.75, 3.05) is 14.2 Å². The molecule has 14 heavy (non-hydrogen) atoms. The number of hydrogen-bond acceptors (Lipinski definition) is 4. The van der Waals surface area contributed by atoms with Crippen molar-refractivity contribution in [3.05, 3.63) is 29.8 Å². The lowest BCUT2D eigenvalue weighted by Gasteiger charge is -2.13. The third kappa shape index (κ3) is 2.47. The van der Waals surface area contributed by atoms with Gasteiger partial charge in [0.25, 0.3) is 6.47 Å². The number of benzene rings is 1. The summed E-state index contributed by atoms with van der Waals surface area (Å²) in [5.41, 5.74) is 0.735. The number of carbonyl (C=O) groups is 1. The molecule has 0 fully saturated rings. The van der Waals surface area contributed by atoms with Gasteiger partial charge in [-0.05, 0) is 12.1 Å². The van der Waals surface area contributed by atoms with E-state index in [0.717, 1.165) is 5.56 Å². The summed E-state index contributed by atoms with van der Waals surface area (Å²) < 4.78 is 14.7. The molecule has 0 saturated carbocycles. The molecule has 1 atom stereocenters. The van der Waals surface area contributed by atoms with Crippen molar-refractivity contribution in [1.29, 1.82) is 0 Å². The Morgan fingerprint density at radius 2 is 2.14 bits per heavy atom. The first-order valence-corrected chi connectivity index (χ1v) is 4.07. The molecule has 1 rings (SSSR count). The Kier molecular flexibility index (Phi) is 3.94. The molecule has 1 unspecified atom stereocenters. The molecule has 0 aliphatic heterocycles. The Bertz CT molecular complexity index is 298. The quantitative estimate of drug-likeness (QED) is 0.529. The molecule has 0 radical (unpaired) electrons. The summed E-state index contributed by atoms with van der Waals surface area (Å²) in [4.78, 5) is 10.2. The average molecular weight is 196 g/mol. The van der Waals surface area contributed by atoms with Gasteiger partial charge in [0.15, 0.2) is 0 Å². The first-order chi connectivity index (χ1) is 6.81. The predicted molar refractivity (Wildman–Crippen MR) is 49.9 cm³/mol. The standard InChI is InChI=1S/C10H12O4/c1-12-9-5-3-4-8(6-9)10(13-2)14-7-11/h3-7,10H,1-2H3. The maximum absolute atomic E-state index is 10.2. The Morgan fingerprint density at radius 1 is 1.36 bits per heavy atom. The van der Waals surface area contributed by atoms with Gasteiger partial charge in [-0.2, -0.15) is 0 Å². The van der Waals surface area contributed by atoms with E-state index < -0.39 is 6.29 Å². The lowest BCUT2D eigenvalue weighted by Crippen LogP contribution is -2.05. The van der Waals surface area contributed by atoms with E-state index in [9.17, 15) is 4.79 Å². The molecule has 0 heterocycles. The van der Waals surface area contributed by atoms with Crippen LogP contribution in [-0.2, 0) is 14.3 Å². The third-order valence-electron chi connectivity index (χ3n) is 1.76. The molecule has 0 amide bonds. The topological polar surface area (TPSA) is 44.8 Å². The smallest absolute Gasteiger partial charge is 0.295 e. The van der Waals surface area contributed by atoms with Crippen molar-refractivity contribution in [2.45, 2.75) is 6.29 Å². The highest BCUT2D eigenvalue weighted by atomic mass is 16.7. The van der Waals surface area contributed by atoms with Crippen LogP contribution in [0.5, 0.6) is 5.75 Å². The second kappa shape index (κ2) is 5.24. The molecule has 0 bridgehead atoms. The molecular formula is C10H12O4. The van der Waals surface area contributed by atoms with Gasteiger partial charge in [0.05, 0.1) is 7.11 Å². The van der Waals surface area contributed by atoms with Gasteiger partial charge < -0.3 is 14.2 Å². The molecule has 0 aromatic heterocycles. The molecule has 1 aromatic carbocycles. The molecule has 0 N–H and O–H groups in total. The van der Waals surface area contributed by atoms with Gasteiger partial charge >= 0.3 is 0 Å². The van der Waals surface area contributed by atoms with Crippen molar-refractivity contribution < 1.29 is 19.0 Å². The fourth-order valence-electron chi connectivity index (χ4n) is 1.11. The normalized spacial score (nSPS) is 11.9. The maximum atomic E-state index is 10.2.